The van der Waals surface area contributed by atoms with Gasteiger partial charge in [0.2, 0.25) is 0 Å². The third-order valence-electron chi connectivity index (χ3n) is 2.94. The maximum absolute atomic E-state index is 5.47. The molecule has 0 unspecified atom stereocenters. The van der Waals surface area contributed by atoms with Crippen LogP contribution in [0.25, 0.3) is 10.6 Å². The van der Waals surface area contributed by atoms with Crippen molar-refractivity contribution in [3.05, 3.63) is 23.0 Å². The Morgan fingerprint density at radius 1 is 0.952 bits per heavy atom. The van der Waals surface area contributed by atoms with Gasteiger partial charge in [0, 0.05) is 0 Å². The van der Waals surface area contributed by atoms with Crippen LogP contribution in [-0.2, 0) is 15.0 Å². The van der Waals surface area contributed by atoms with E-state index in [0.29, 0.717) is 6.04 Å². The van der Waals surface area contributed by atoms with Crippen molar-refractivity contribution in [2.24, 2.45) is 3.50 Å². The van der Waals surface area contributed by atoms with Crippen LogP contribution >= 0.6 is 18.8 Å². The van der Waals surface area contributed by atoms with Crippen molar-refractivity contribution in [3.63, 3.8) is 0 Å². The van der Waals surface area contributed by atoms with Crippen LogP contribution in [0.1, 0.15) is 68.2 Å². The van der Waals surface area contributed by atoms with Crippen LogP contribution in [0.5, 0.6) is 0 Å². The molecule has 0 aliphatic heterocycles. The average molecular weight is 508 g/mol. The quantitative estimate of drug-likeness (QED) is 0.353. The summed E-state index contributed by atoms with van der Waals surface area (Å²) in [6, 6.07) is 0.323. The summed E-state index contributed by atoms with van der Waals surface area (Å²) in [5.74, 6) is 0. The zero-order valence-electron chi connectivity index (χ0n) is 14.7. The van der Waals surface area contributed by atoms with E-state index in [-0.39, 0.29) is 11.1 Å². The van der Waals surface area contributed by atoms with Gasteiger partial charge < -0.3 is 10.6 Å². The van der Waals surface area contributed by atoms with Gasteiger partial charge >= 0.3 is 57.3 Å². The summed E-state index contributed by atoms with van der Waals surface area (Å²) < 4.78 is 4.00. The van der Waals surface area contributed by atoms with Gasteiger partial charge in [-0.1, -0.05) is 54.4 Å². The van der Waals surface area contributed by atoms with Crippen LogP contribution in [0, 0.1) is 0 Å². The van der Waals surface area contributed by atoms with Crippen molar-refractivity contribution < 1.29 is 15.0 Å². The predicted molar refractivity (Wildman–Crippen MR) is 93.9 cm³/mol. The third-order valence-corrected chi connectivity index (χ3v) is 6.33. The minimum absolute atomic E-state index is 0.0440. The predicted octanol–water partition coefficient (Wildman–Crippen LogP) is 7.09. The minimum atomic E-state index is -2.10. The van der Waals surface area contributed by atoms with Gasteiger partial charge in [-0.05, 0) is 0 Å². The Bertz CT molecular complexity index is 303. The Hall–Kier alpha value is 0.408. The van der Waals surface area contributed by atoms with Gasteiger partial charge in [0.15, 0.2) is 0 Å². The van der Waals surface area contributed by atoms with E-state index in [1.54, 1.807) is 0 Å². The van der Waals surface area contributed by atoms with Gasteiger partial charge in [-0.15, -0.1) is 11.1 Å². The average Bonchev–Trinajstić information content (AvgIpc) is 2.34. The summed E-state index contributed by atoms with van der Waals surface area (Å²) in [7, 11) is 10.9. The molecule has 0 aliphatic carbocycles. The van der Waals surface area contributed by atoms with E-state index in [1.165, 1.54) is 0 Å². The summed E-state index contributed by atoms with van der Waals surface area (Å²) in [6.45, 7) is 16.7. The van der Waals surface area contributed by atoms with Crippen molar-refractivity contribution in [3.8, 4) is 0 Å². The van der Waals surface area contributed by atoms with E-state index in [0.717, 1.165) is 12.8 Å². The third kappa shape index (κ3) is 18.4. The Kier molecular flexibility index (Phi) is 13.4. The van der Waals surface area contributed by atoms with Crippen molar-refractivity contribution in [2.75, 3.05) is 0 Å². The molecule has 0 saturated heterocycles. The Morgan fingerprint density at radius 3 is 1.43 bits per heavy atom. The molecule has 0 spiro atoms. The molecule has 6 heteroatoms. The van der Waals surface area contributed by atoms with Crippen molar-refractivity contribution in [1.29, 1.82) is 0 Å². The first kappa shape index (κ1) is 23.7. The Labute approximate surface area is 145 Å². The van der Waals surface area contributed by atoms with Crippen LogP contribution in [0.2, 0.25) is 0 Å². The fourth-order valence-corrected chi connectivity index (χ4v) is 4.57. The largest absolute Gasteiger partial charge is 0.687 e. The molecule has 0 rings (SSSR count). The SMILES string of the molecule is CC(C)[N]=[W]([Cl])[Cl].CCC(C)(C)[N-]/C=C\[N-]C(C)(C)CC. The molecule has 0 saturated carbocycles. The van der Waals surface area contributed by atoms with Crippen molar-refractivity contribution in [1.82, 2.24) is 0 Å². The number of hydrogen-bond donors (Lipinski definition) is 0. The summed E-state index contributed by atoms with van der Waals surface area (Å²) in [5, 5.41) is 8.88. The number of rotatable bonds is 7. The van der Waals surface area contributed by atoms with Gasteiger partial charge in [0.25, 0.3) is 0 Å². The maximum atomic E-state index is 5.47. The summed E-state index contributed by atoms with van der Waals surface area (Å²) in [6.07, 6.45) is 5.74. The van der Waals surface area contributed by atoms with E-state index in [1.807, 2.05) is 26.2 Å². The molecule has 0 atom stereocenters. The van der Waals surface area contributed by atoms with Gasteiger partial charge in [-0.3, -0.25) is 0 Å². The first-order valence-electron chi connectivity index (χ1n) is 7.32. The van der Waals surface area contributed by atoms with Crippen LogP contribution in [-0.4, -0.2) is 17.1 Å². The smallest absolute Gasteiger partial charge is 0.0663 e. The molecule has 0 aliphatic rings. The normalized spacial score (nSPS) is 12.4. The van der Waals surface area contributed by atoms with Crippen LogP contribution in [0.3, 0.4) is 0 Å². The second-order valence-electron chi connectivity index (χ2n) is 6.28. The summed E-state index contributed by atoms with van der Waals surface area (Å²) >= 11 is -2.10. The fourth-order valence-electron chi connectivity index (χ4n) is 0.812. The van der Waals surface area contributed by atoms with Crippen molar-refractivity contribution in [2.45, 2.75) is 85.4 Å². The molecule has 0 bridgehead atoms. The van der Waals surface area contributed by atoms with Gasteiger partial charge in [-0.25, -0.2) is 12.4 Å². The monoisotopic (exact) mass is 507 g/mol. The summed E-state index contributed by atoms with van der Waals surface area (Å²) in [5.41, 5.74) is 0.0881. The topological polar surface area (TPSA) is 40.6 Å². The molecule has 0 amide bonds. The number of hydrogen-bond acceptors (Lipinski definition) is 1. The van der Waals surface area contributed by atoms with Crippen molar-refractivity contribution >= 4 is 18.8 Å². The molecule has 21 heavy (non-hydrogen) atoms. The van der Waals surface area contributed by atoms with E-state index >= 15 is 0 Å². The maximum Gasteiger partial charge on any atom is -0.0663 e. The molecular weight excluding hydrogens is 477 g/mol. The Balaban J connectivity index is 0. The molecule has 0 aromatic rings. The van der Waals surface area contributed by atoms with Gasteiger partial charge in [-0.2, -0.15) is 0 Å². The van der Waals surface area contributed by atoms with Crippen LogP contribution in [0.4, 0.5) is 0 Å². The second kappa shape index (κ2) is 11.9. The molecule has 0 fully saturated rings. The van der Waals surface area contributed by atoms with E-state index in [2.05, 4.69) is 55.7 Å². The van der Waals surface area contributed by atoms with E-state index in [9.17, 15) is 0 Å². The number of nitrogens with zero attached hydrogens (tertiary/aromatic N) is 3. The minimum Gasteiger partial charge on any atom is -0.687 e. The first-order chi connectivity index (χ1) is 9.45. The van der Waals surface area contributed by atoms with Crippen LogP contribution < -0.4 is 0 Å². The zero-order valence-corrected chi connectivity index (χ0v) is 19.1. The molecule has 0 aromatic carbocycles. The molecule has 0 radical (unpaired) electrons. The molecule has 0 heterocycles. The van der Waals surface area contributed by atoms with E-state index < -0.39 is 15.0 Å². The molecule has 0 N–H and O–H groups in total. The standard InChI is InChI=1S/C12H24N2.C3H7N.2ClH.W/c1-7-11(3,4)13-9-10-14-12(5,6)8-2;1-3(2)4;;;/h9-10H,7-8H2,1-6H3;3H,1-2H3;2*1H;/q-2;;;;+2/p-2/b10-9-;;;;. The Morgan fingerprint density at radius 2 is 1.29 bits per heavy atom. The molecular formula is C15H31Cl2N3W-2. The van der Waals surface area contributed by atoms with Gasteiger partial charge in [0.1, 0.15) is 0 Å². The molecule has 3 nitrogen and oxygen atoms in total. The van der Waals surface area contributed by atoms with Crippen LogP contribution in [0.15, 0.2) is 15.9 Å². The first-order valence-corrected chi connectivity index (χ1v) is 15.9. The fraction of sp³-hybridized carbons (Fsp3) is 0.867. The van der Waals surface area contributed by atoms with E-state index in [4.69, 9.17) is 18.8 Å². The molecule has 0 aromatic heterocycles. The second-order valence-corrected chi connectivity index (χ2v) is 14.5. The summed E-state index contributed by atoms with van der Waals surface area (Å²) in [4.78, 5) is 0. The van der Waals surface area contributed by atoms with Gasteiger partial charge in [0.05, 0.1) is 0 Å². The number of halogens is 2. The molecule has 128 valence electrons. The zero-order chi connectivity index (χ0) is 17.1.